The molecule has 1 unspecified atom stereocenters. The Bertz CT molecular complexity index is 523. The first-order valence-electron chi connectivity index (χ1n) is 6.03. The lowest BCUT2D eigenvalue weighted by molar-refractivity contribution is -0.0287. The monoisotopic (exact) mass is 263 g/mol. The van der Waals surface area contributed by atoms with Crippen LogP contribution in [-0.2, 0) is 0 Å². The molecule has 1 aromatic carbocycles. The van der Waals surface area contributed by atoms with Crippen LogP contribution in [0.2, 0.25) is 0 Å². The van der Waals surface area contributed by atoms with Gasteiger partial charge in [0.1, 0.15) is 12.2 Å². The molecule has 0 radical (unpaired) electrons. The topological polar surface area (TPSA) is 98.1 Å². The molecule has 0 bridgehead atoms. The lowest BCUT2D eigenvalue weighted by Gasteiger charge is -2.25. The molecular weight excluding hydrogens is 250 g/mol. The summed E-state index contributed by atoms with van der Waals surface area (Å²) < 4.78 is 0. The Morgan fingerprint density at radius 1 is 0.947 bits per heavy atom. The zero-order valence-electron chi connectivity index (χ0n) is 9.93. The summed E-state index contributed by atoms with van der Waals surface area (Å²) in [5, 5.41) is 28.9. The standard InChI is InChI=1S/C13H13NO5/c15-9-5-8(10(16)11(9)17)14-12(18)6-3-1-2-4-7(6)13(14)19/h1-4,8-11,15-17H,5H2/t8?,9-,10-,11+/m0/s1. The van der Waals surface area contributed by atoms with Gasteiger partial charge in [-0.25, -0.2) is 0 Å². The van der Waals surface area contributed by atoms with Crippen molar-refractivity contribution >= 4 is 11.8 Å². The van der Waals surface area contributed by atoms with Crippen LogP contribution in [0.25, 0.3) is 0 Å². The van der Waals surface area contributed by atoms with Crippen molar-refractivity contribution in [3.63, 3.8) is 0 Å². The number of fused-ring (bicyclic) bond motifs is 1. The second-order valence-electron chi connectivity index (χ2n) is 4.88. The van der Waals surface area contributed by atoms with Gasteiger partial charge in [0.2, 0.25) is 0 Å². The van der Waals surface area contributed by atoms with Gasteiger partial charge < -0.3 is 15.3 Å². The maximum Gasteiger partial charge on any atom is 0.261 e. The van der Waals surface area contributed by atoms with Crippen molar-refractivity contribution in [3.8, 4) is 0 Å². The number of carbonyl (C=O) groups is 2. The minimum absolute atomic E-state index is 0.0200. The molecule has 1 fully saturated rings. The third-order valence-corrected chi connectivity index (χ3v) is 3.78. The molecule has 6 nitrogen and oxygen atoms in total. The highest BCUT2D eigenvalue weighted by Crippen LogP contribution is 2.32. The summed E-state index contributed by atoms with van der Waals surface area (Å²) in [6.45, 7) is 0. The fourth-order valence-corrected chi connectivity index (χ4v) is 2.75. The molecule has 2 aliphatic rings. The van der Waals surface area contributed by atoms with Gasteiger partial charge in [-0.2, -0.15) is 0 Å². The largest absolute Gasteiger partial charge is 0.390 e. The van der Waals surface area contributed by atoms with Crippen LogP contribution in [0.3, 0.4) is 0 Å². The molecule has 1 aliphatic heterocycles. The average Bonchev–Trinajstić information content (AvgIpc) is 2.80. The van der Waals surface area contributed by atoms with Gasteiger partial charge in [-0.05, 0) is 18.6 Å². The number of benzene rings is 1. The molecule has 100 valence electrons. The average molecular weight is 263 g/mol. The van der Waals surface area contributed by atoms with Crippen LogP contribution in [0, 0.1) is 0 Å². The number of rotatable bonds is 1. The first-order chi connectivity index (χ1) is 9.02. The van der Waals surface area contributed by atoms with Gasteiger partial charge in [-0.3, -0.25) is 14.5 Å². The van der Waals surface area contributed by atoms with Gasteiger partial charge in [-0.15, -0.1) is 0 Å². The van der Waals surface area contributed by atoms with Crippen LogP contribution in [0.1, 0.15) is 27.1 Å². The molecule has 0 aromatic heterocycles. The van der Waals surface area contributed by atoms with Crippen LogP contribution in [0.15, 0.2) is 24.3 Å². The van der Waals surface area contributed by atoms with E-state index in [9.17, 15) is 24.9 Å². The Balaban J connectivity index is 1.97. The number of amides is 2. The van der Waals surface area contributed by atoms with E-state index in [0.717, 1.165) is 4.90 Å². The van der Waals surface area contributed by atoms with E-state index in [-0.39, 0.29) is 17.5 Å². The molecule has 1 aromatic rings. The normalized spacial score (nSPS) is 33.9. The Hall–Kier alpha value is -1.76. The van der Waals surface area contributed by atoms with Crippen LogP contribution in [0.4, 0.5) is 0 Å². The Morgan fingerprint density at radius 2 is 1.47 bits per heavy atom. The number of aliphatic hydroxyl groups is 3. The lowest BCUT2D eigenvalue weighted by Crippen LogP contribution is -2.46. The number of hydrogen-bond donors (Lipinski definition) is 3. The third-order valence-electron chi connectivity index (χ3n) is 3.78. The molecule has 4 atom stereocenters. The molecule has 19 heavy (non-hydrogen) atoms. The van der Waals surface area contributed by atoms with E-state index in [2.05, 4.69) is 0 Å². The second kappa shape index (κ2) is 4.12. The van der Waals surface area contributed by atoms with Crippen molar-refractivity contribution in [3.05, 3.63) is 35.4 Å². The molecule has 0 spiro atoms. The van der Waals surface area contributed by atoms with Crippen molar-refractivity contribution in [2.24, 2.45) is 0 Å². The Kier molecular flexibility index (Phi) is 2.67. The highest BCUT2D eigenvalue weighted by atomic mass is 16.4. The van der Waals surface area contributed by atoms with Gasteiger partial charge in [0, 0.05) is 0 Å². The summed E-state index contributed by atoms with van der Waals surface area (Å²) in [6, 6.07) is 5.51. The maximum absolute atomic E-state index is 12.2. The fourth-order valence-electron chi connectivity index (χ4n) is 2.75. The molecule has 1 heterocycles. The molecule has 2 amide bonds. The highest BCUT2D eigenvalue weighted by Gasteiger charge is 2.50. The molecular formula is C13H13NO5. The second-order valence-corrected chi connectivity index (χ2v) is 4.88. The SMILES string of the molecule is O=C1c2ccccc2C(=O)N1C1C[C@H](O)[C@@H](O)[C@H]1O. The molecule has 6 heteroatoms. The summed E-state index contributed by atoms with van der Waals surface area (Å²) in [5.74, 6) is -0.989. The summed E-state index contributed by atoms with van der Waals surface area (Å²) in [6.07, 6.45) is -3.82. The molecule has 0 saturated heterocycles. The van der Waals surface area contributed by atoms with Gasteiger partial charge >= 0.3 is 0 Å². The Morgan fingerprint density at radius 3 is 1.89 bits per heavy atom. The van der Waals surface area contributed by atoms with E-state index in [0.29, 0.717) is 0 Å². The summed E-state index contributed by atoms with van der Waals surface area (Å²) in [7, 11) is 0. The maximum atomic E-state index is 12.2. The molecule has 3 rings (SSSR count). The van der Waals surface area contributed by atoms with E-state index >= 15 is 0 Å². The van der Waals surface area contributed by atoms with Crippen molar-refractivity contribution in [1.82, 2.24) is 4.90 Å². The summed E-state index contributed by atoms with van der Waals surface area (Å²) in [5.41, 5.74) is 0.575. The van der Waals surface area contributed by atoms with Gasteiger partial charge in [0.25, 0.3) is 11.8 Å². The first kappa shape index (κ1) is 12.3. The van der Waals surface area contributed by atoms with Gasteiger partial charge in [0.15, 0.2) is 0 Å². The number of aliphatic hydroxyl groups excluding tert-OH is 3. The zero-order valence-corrected chi connectivity index (χ0v) is 9.93. The molecule has 1 aliphatic carbocycles. The smallest absolute Gasteiger partial charge is 0.261 e. The van der Waals surface area contributed by atoms with Crippen molar-refractivity contribution in [2.75, 3.05) is 0 Å². The molecule has 1 saturated carbocycles. The summed E-state index contributed by atoms with van der Waals surface area (Å²) >= 11 is 0. The first-order valence-corrected chi connectivity index (χ1v) is 6.03. The number of imide groups is 1. The third kappa shape index (κ3) is 1.61. The van der Waals surface area contributed by atoms with Crippen LogP contribution in [0.5, 0.6) is 0 Å². The fraction of sp³-hybridized carbons (Fsp3) is 0.385. The van der Waals surface area contributed by atoms with E-state index in [1.165, 1.54) is 0 Å². The lowest BCUT2D eigenvalue weighted by atomic mass is 10.1. The van der Waals surface area contributed by atoms with Gasteiger partial charge in [0.05, 0.1) is 23.3 Å². The predicted molar refractivity (Wildman–Crippen MR) is 63.4 cm³/mol. The van der Waals surface area contributed by atoms with Gasteiger partial charge in [-0.1, -0.05) is 12.1 Å². The highest BCUT2D eigenvalue weighted by molar-refractivity contribution is 6.21. The molecule has 3 N–H and O–H groups in total. The van der Waals surface area contributed by atoms with Crippen LogP contribution >= 0.6 is 0 Å². The van der Waals surface area contributed by atoms with E-state index in [1.807, 2.05) is 0 Å². The minimum Gasteiger partial charge on any atom is -0.390 e. The number of nitrogens with zero attached hydrogens (tertiary/aromatic N) is 1. The van der Waals surface area contributed by atoms with Crippen LogP contribution < -0.4 is 0 Å². The van der Waals surface area contributed by atoms with Crippen molar-refractivity contribution in [2.45, 2.75) is 30.8 Å². The minimum atomic E-state index is -1.34. The summed E-state index contributed by atoms with van der Waals surface area (Å²) in [4.78, 5) is 25.3. The quantitative estimate of drug-likeness (QED) is 0.573. The van der Waals surface area contributed by atoms with E-state index < -0.39 is 36.2 Å². The predicted octanol–water partition coefficient (Wildman–Crippen LogP) is -0.862. The zero-order chi connectivity index (χ0) is 13.7. The number of hydrogen-bond acceptors (Lipinski definition) is 5. The Labute approximate surface area is 108 Å². The van der Waals surface area contributed by atoms with Crippen molar-refractivity contribution < 1.29 is 24.9 Å². The van der Waals surface area contributed by atoms with E-state index in [4.69, 9.17) is 0 Å². The van der Waals surface area contributed by atoms with Crippen LogP contribution in [-0.4, -0.2) is 56.4 Å². The number of carbonyl (C=O) groups excluding carboxylic acids is 2. The van der Waals surface area contributed by atoms with E-state index in [1.54, 1.807) is 24.3 Å². The van der Waals surface area contributed by atoms with Crippen molar-refractivity contribution in [1.29, 1.82) is 0 Å².